The van der Waals surface area contributed by atoms with E-state index in [4.69, 9.17) is 20.8 Å². The van der Waals surface area contributed by atoms with Crippen LogP contribution in [0.25, 0.3) is 6.08 Å². The topological polar surface area (TPSA) is 80.1 Å². The van der Waals surface area contributed by atoms with Crippen LogP contribution in [0.15, 0.2) is 82.3 Å². The van der Waals surface area contributed by atoms with Crippen molar-refractivity contribution in [2.75, 3.05) is 33.3 Å². The number of sulfonamides is 1. The van der Waals surface area contributed by atoms with Gasteiger partial charge in [0.1, 0.15) is 11.5 Å². The van der Waals surface area contributed by atoms with E-state index in [1.54, 1.807) is 80.1 Å². The first-order valence-electron chi connectivity index (χ1n) is 12.3. The quantitative estimate of drug-likeness (QED) is 0.184. The number of rotatable bonds is 11. The van der Waals surface area contributed by atoms with Crippen LogP contribution in [0.3, 0.4) is 0 Å². The van der Waals surface area contributed by atoms with Crippen molar-refractivity contribution in [3.05, 3.63) is 89.3 Å². The van der Waals surface area contributed by atoms with Crippen molar-refractivity contribution in [1.82, 2.24) is 9.21 Å². The van der Waals surface area contributed by atoms with Gasteiger partial charge >= 0.3 is 0 Å². The van der Waals surface area contributed by atoms with Crippen LogP contribution in [-0.2, 0) is 10.0 Å². The van der Waals surface area contributed by atoms with Crippen molar-refractivity contribution in [2.45, 2.75) is 30.2 Å². The zero-order valence-electron chi connectivity index (χ0n) is 20.8. The van der Waals surface area contributed by atoms with Crippen LogP contribution >= 0.6 is 11.6 Å². The van der Waals surface area contributed by atoms with Gasteiger partial charge in [0, 0.05) is 30.2 Å². The van der Waals surface area contributed by atoms with Gasteiger partial charge in [0.25, 0.3) is 0 Å². The van der Waals surface area contributed by atoms with Gasteiger partial charge in [-0.3, -0.25) is 4.79 Å². The Morgan fingerprint density at radius 1 is 1.11 bits per heavy atom. The number of ketones is 1. The number of likely N-dealkylation sites (tertiary alicyclic amines) is 1. The summed E-state index contributed by atoms with van der Waals surface area (Å²) in [7, 11) is -1.88. The Balaban J connectivity index is 1.16. The third-order valence-corrected chi connectivity index (χ3v) is 8.71. The normalized spacial score (nSPS) is 15.4. The van der Waals surface area contributed by atoms with E-state index < -0.39 is 10.0 Å². The minimum atomic E-state index is -3.54. The van der Waals surface area contributed by atoms with Crippen LogP contribution in [0.2, 0.25) is 5.02 Å². The fourth-order valence-corrected chi connectivity index (χ4v) is 5.85. The number of piperidine rings is 1. The van der Waals surface area contributed by atoms with Crippen molar-refractivity contribution in [3.63, 3.8) is 0 Å². The number of benzene rings is 2. The summed E-state index contributed by atoms with van der Waals surface area (Å²) >= 11 is 5.90. The van der Waals surface area contributed by atoms with Gasteiger partial charge in [-0.1, -0.05) is 11.6 Å². The number of ether oxygens (including phenoxy) is 1. The molecule has 0 amide bonds. The molecule has 0 unspecified atom stereocenters. The van der Waals surface area contributed by atoms with Crippen molar-refractivity contribution < 1.29 is 22.4 Å². The number of hydrogen-bond acceptors (Lipinski definition) is 6. The molecule has 0 radical (unpaired) electrons. The molecule has 1 aliphatic rings. The van der Waals surface area contributed by atoms with Crippen molar-refractivity contribution in [2.24, 2.45) is 0 Å². The Morgan fingerprint density at radius 2 is 1.81 bits per heavy atom. The highest BCUT2D eigenvalue weighted by Crippen LogP contribution is 2.24. The molecule has 1 aromatic heterocycles. The molecule has 0 atom stereocenters. The Bertz CT molecular complexity index is 1280. The zero-order chi connectivity index (χ0) is 26.3. The van der Waals surface area contributed by atoms with Crippen molar-refractivity contribution in [1.29, 1.82) is 0 Å². The summed E-state index contributed by atoms with van der Waals surface area (Å²) in [5.74, 6) is 1.25. The van der Waals surface area contributed by atoms with Gasteiger partial charge in [-0.25, -0.2) is 8.42 Å². The molecular weight excluding hydrogens is 512 g/mol. The lowest BCUT2D eigenvalue weighted by molar-refractivity contribution is 0.104. The first-order valence-corrected chi connectivity index (χ1v) is 14.1. The van der Waals surface area contributed by atoms with E-state index in [2.05, 4.69) is 4.90 Å². The molecular formula is C28H31ClN2O5S. The largest absolute Gasteiger partial charge is 0.494 e. The first kappa shape index (κ1) is 27.1. The summed E-state index contributed by atoms with van der Waals surface area (Å²) in [5, 5.41) is 0.514. The first-order chi connectivity index (χ1) is 17.8. The molecule has 2 heterocycles. The number of furan rings is 1. The van der Waals surface area contributed by atoms with Crippen molar-refractivity contribution in [3.8, 4) is 5.75 Å². The molecule has 0 N–H and O–H groups in total. The number of carbonyl (C=O) groups is 1. The molecule has 196 valence electrons. The Morgan fingerprint density at radius 3 is 2.46 bits per heavy atom. The van der Waals surface area contributed by atoms with Crippen LogP contribution in [0.5, 0.6) is 5.75 Å². The highest BCUT2D eigenvalue weighted by Gasteiger charge is 2.30. The summed E-state index contributed by atoms with van der Waals surface area (Å²) in [6.45, 7) is 3.13. The second kappa shape index (κ2) is 12.6. The third kappa shape index (κ3) is 7.32. The SMILES string of the molecule is CN(C1CCN(CCCOc2ccc(C(=O)/C=C/c3ccco3)cc2)CC1)S(=O)(=O)c1ccc(Cl)cc1. The fraction of sp³-hybridized carbons (Fsp3) is 0.321. The van der Waals surface area contributed by atoms with Crippen LogP contribution in [0.4, 0.5) is 0 Å². The summed E-state index contributed by atoms with van der Waals surface area (Å²) in [6, 6.07) is 16.9. The summed E-state index contributed by atoms with van der Waals surface area (Å²) in [4.78, 5) is 14.9. The number of carbonyl (C=O) groups excluding carboxylic acids is 1. The maximum Gasteiger partial charge on any atom is 0.243 e. The maximum absolute atomic E-state index is 12.9. The van der Waals surface area contributed by atoms with E-state index in [1.165, 1.54) is 10.4 Å². The molecule has 0 saturated carbocycles. The Hall–Kier alpha value is -2.91. The van der Waals surface area contributed by atoms with Crippen molar-refractivity contribution >= 4 is 33.5 Å². The van der Waals surface area contributed by atoms with Gasteiger partial charge < -0.3 is 14.1 Å². The standard InChI is InChI=1S/C28H31ClN2O5S/c1-30(37(33,34)27-12-7-23(29)8-13-27)24-15-18-31(19-16-24)17-3-21-36-26-9-5-22(6-10-26)28(32)14-11-25-4-2-20-35-25/h2,4-14,20,24H,3,15-19,21H2,1H3/b14-11+. The van der Waals surface area contributed by atoms with E-state index in [9.17, 15) is 13.2 Å². The fourth-order valence-electron chi connectivity index (χ4n) is 4.31. The van der Waals surface area contributed by atoms with Gasteiger partial charge in [0.2, 0.25) is 10.0 Å². The predicted octanol–water partition coefficient (Wildman–Crippen LogP) is 5.38. The molecule has 4 rings (SSSR count). The van der Waals surface area contributed by atoms with Crippen LogP contribution in [0, 0.1) is 0 Å². The average molecular weight is 543 g/mol. The minimum absolute atomic E-state index is 0.0247. The minimum Gasteiger partial charge on any atom is -0.494 e. The highest BCUT2D eigenvalue weighted by atomic mass is 35.5. The monoisotopic (exact) mass is 542 g/mol. The molecule has 37 heavy (non-hydrogen) atoms. The lowest BCUT2D eigenvalue weighted by Crippen LogP contribution is -2.45. The summed E-state index contributed by atoms with van der Waals surface area (Å²) < 4.78 is 38.4. The molecule has 3 aromatic rings. The van der Waals surface area contributed by atoms with E-state index in [1.807, 2.05) is 0 Å². The van der Waals surface area contributed by atoms with Gasteiger partial charge in [0.05, 0.1) is 17.8 Å². The molecule has 0 aliphatic carbocycles. The molecule has 1 aliphatic heterocycles. The Kier molecular flexibility index (Phi) is 9.21. The Labute approximate surface area is 223 Å². The second-order valence-electron chi connectivity index (χ2n) is 8.99. The third-order valence-electron chi connectivity index (χ3n) is 6.53. The molecule has 2 aromatic carbocycles. The predicted molar refractivity (Wildman–Crippen MR) is 144 cm³/mol. The summed E-state index contributed by atoms with van der Waals surface area (Å²) in [5.41, 5.74) is 0.584. The zero-order valence-corrected chi connectivity index (χ0v) is 22.3. The van der Waals surface area contributed by atoms with E-state index in [0.29, 0.717) is 23.0 Å². The van der Waals surface area contributed by atoms with Gasteiger partial charge in [-0.05, 0) is 105 Å². The lowest BCUT2D eigenvalue weighted by Gasteiger charge is -2.36. The molecule has 1 fully saturated rings. The summed E-state index contributed by atoms with van der Waals surface area (Å²) in [6.07, 6.45) is 7.13. The van der Waals surface area contributed by atoms with E-state index >= 15 is 0 Å². The number of nitrogens with zero attached hydrogens (tertiary/aromatic N) is 2. The van der Waals surface area contributed by atoms with Gasteiger partial charge in [-0.15, -0.1) is 0 Å². The molecule has 0 spiro atoms. The molecule has 1 saturated heterocycles. The van der Waals surface area contributed by atoms with Crippen LogP contribution in [-0.4, -0.2) is 62.7 Å². The smallest absolute Gasteiger partial charge is 0.243 e. The van der Waals surface area contributed by atoms with E-state index in [-0.39, 0.29) is 16.7 Å². The van der Waals surface area contributed by atoms with Gasteiger partial charge in [0.15, 0.2) is 5.78 Å². The highest BCUT2D eigenvalue weighted by molar-refractivity contribution is 7.89. The second-order valence-corrected chi connectivity index (χ2v) is 11.4. The van der Waals surface area contributed by atoms with Crippen LogP contribution < -0.4 is 4.74 Å². The lowest BCUT2D eigenvalue weighted by atomic mass is 10.1. The number of hydrogen-bond donors (Lipinski definition) is 0. The van der Waals surface area contributed by atoms with Crippen LogP contribution in [0.1, 0.15) is 35.4 Å². The average Bonchev–Trinajstić information content (AvgIpc) is 3.44. The van der Waals surface area contributed by atoms with E-state index in [0.717, 1.165) is 44.6 Å². The number of halogens is 1. The maximum atomic E-state index is 12.9. The van der Waals surface area contributed by atoms with Gasteiger partial charge in [-0.2, -0.15) is 4.31 Å². The molecule has 7 nitrogen and oxygen atoms in total. The molecule has 9 heteroatoms. The number of allylic oxidation sites excluding steroid dienone is 1. The molecule has 0 bridgehead atoms.